The van der Waals surface area contributed by atoms with E-state index in [4.69, 9.17) is 4.74 Å². The summed E-state index contributed by atoms with van der Waals surface area (Å²) in [6.45, 7) is 2.86. The largest absolute Gasteiger partial charge is 0.507 e. The molecule has 0 aliphatic rings. The van der Waals surface area contributed by atoms with Gasteiger partial charge in [0, 0.05) is 15.6 Å². The fourth-order valence-electron chi connectivity index (χ4n) is 3.24. The molecule has 1 heterocycles. The number of phenols is 1. The number of nitrogens with zero attached hydrogens (tertiary/aromatic N) is 3. The average Bonchev–Trinajstić information content (AvgIpc) is 2.86. The van der Waals surface area contributed by atoms with Crippen LogP contribution in [0.5, 0.6) is 11.5 Å². The monoisotopic (exact) mass is 516 g/mol. The van der Waals surface area contributed by atoms with Gasteiger partial charge in [-0.25, -0.2) is 15.4 Å². The van der Waals surface area contributed by atoms with Crippen LogP contribution in [0.3, 0.4) is 0 Å². The van der Waals surface area contributed by atoms with E-state index in [-0.39, 0.29) is 5.75 Å². The predicted octanol–water partition coefficient (Wildman–Crippen LogP) is 6.90. The molecule has 7 heteroatoms. The van der Waals surface area contributed by atoms with Crippen LogP contribution in [0.4, 0.5) is 5.95 Å². The lowest BCUT2D eigenvalue weighted by atomic mass is 10.1. The Hall–Kier alpha value is -3.71. The molecule has 172 valence electrons. The third kappa shape index (κ3) is 6.20. The molecule has 0 radical (unpaired) electrons. The molecule has 34 heavy (non-hydrogen) atoms. The summed E-state index contributed by atoms with van der Waals surface area (Å²) < 4.78 is 6.68. The second kappa shape index (κ2) is 11.4. The first-order chi connectivity index (χ1) is 16.6. The van der Waals surface area contributed by atoms with E-state index in [1.54, 1.807) is 18.3 Å². The number of ether oxygens (including phenoxy) is 1. The van der Waals surface area contributed by atoms with Crippen molar-refractivity contribution >= 4 is 28.1 Å². The van der Waals surface area contributed by atoms with Gasteiger partial charge in [0.15, 0.2) is 0 Å². The van der Waals surface area contributed by atoms with Crippen molar-refractivity contribution in [2.45, 2.75) is 19.8 Å². The average molecular weight is 517 g/mol. The number of hydrazone groups is 1. The maximum absolute atomic E-state index is 10.3. The van der Waals surface area contributed by atoms with Gasteiger partial charge in [0.05, 0.1) is 24.2 Å². The molecule has 0 fully saturated rings. The summed E-state index contributed by atoms with van der Waals surface area (Å²) in [4.78, 5) is 9.19. The molecule has 0 atom stereocenters. The van der Waals surface area contributed by atoms with Crippen molar-refractivity contribution in [2.75, 3.05) is 12.0 Å². The van der Waals surface area contributed by atoms with E-state index in [0.29, 0.717) is 22.9 Å². The van der Waals surface area contributed by atoms with Crippen LogP contribution in [-0.2, 0) is 0 Å². The minimum absolute atomic E-state index is 0.152. The predicted molar refractivity (Wildman–Crippen MR) is 140 cm³/mol. The SMILES string of the molecule is CCCCOc1ccc(/C=N/Nc2nc(-c3ccc(Br)cc3)cc(-c3ccccc3O)n2)cc1. The lowest BCUT2D eigenvalue weighted by molar-refractivity contribution is 0.309. The van der Waals surface area contributed by atoms with E-state index < -0.39 is 0 Å². The molecule has 0 amide bonds. The molecule has 1 aromatic heterocycles. The standard InChI is InChI=1S/C27H25BrN4O2/c1-2-3-16-34-22-14-8-19(9-15-22)18-29-32-27-30-24(20-10-12-21(28)13-11-20)17-25(31-27)23-6-4-5-7-26(23)33/h4-15,17-18,33H,2-3,16H2,1H3,(H,30,31,32)/b29-18+. The molecule has 4 rings (SSSR count). The molecule has 0 aliphatic heterocycles. The van der Waals surface area contributed by atoms with E-state index in [9.17, 15) is 5.11 Å². The maximum atomic E-state index is 10.3. The fourth-order valence-corrected chi connectivity index (χ4v) is 3.51. The van der Waals surface area contributed by atoms with Crippen molar-refractivity contribution in [2.24, 2.45) is 5.10 Å². The highest BCUT2D eigenvalue weighted by Gasteiger charge is 2.11. The van der Waals surface area contributed by atoms with Crippen LogP contribution in [0.2, 0.25) is 0 Å². The minimum atomic E-state index is 0.152. The molecule has 6 nitrogen and oxygen atoms in total. The Morgan fingerprint density at radius 3 is 2.44 bits per heavy atom. The van der Waals surface area contributed by atoms with E-state index in [2.05, 4.69) is 43.3 Å². The number of hydrogen-bond acceptors (Lipinski definition) is 6. The molecule has 0 unspecified atom stereocenters. The van der Waals surface area contributed by atoms with Crippen LogP contribution in [0.15, 0.2) is 88.4 Å². The van der Waals surface area contributed by atoms with Gasteiger partial charge in [-0.05, 0) is 66.6 Å². The van der Waals surface area contributed by atoms with Crippen LogP contribution >= 0.6 is 15.9 Å². The summed E-state index contributed by atoms with van der Waals surface area (Å²) >= 11 is 3.46. The van der Waals surface area contributed by atoms with Crippen LogP contribution in [0, 0.1) is 0 Å². The van der Waals surface area contributed by atoms with Gasteiger partial charge < -0.3 is 9.84 Å². The van der Waals surface area contributed by atoms with Gasteiger partial charge in [0.2, 0.25) is 5.95 Å². The van der Waals surface area contributed by atoms with Gasteiger partial charge in [0.25, 0.3) is 0 Å². The van der Waals surface area contributed by atoms with E-state index in [0.717, 1.165) is 40.8 Å². The summed E-state index contributed by atoms with van der Waals surface area (Å²) in [5, 5.41) is 14.7. The van der Waals surface area contributed by atoms with Gasteiger partial charge in [0.1, 0.15) is 11.5 Å². The van der Waals surface area contributed by atoms with Crippen molar-refractivity contribution < 1.29 is 9.84 Å². The zero-order valence-corrected chi connectivity index (χ0v) is 20.4. The second-order valence-electron chi connectivity index (χ2n) is 7.63. The number of benzene rings is 3. The van der Waals surface area contributed by atoms with Crippen LogP contribution < -0.4 is 10.2 Å². The summed E-state index contributed by atoms with van der Waals surface area (Å²) in [6, 6.07) is 24.5. The van der Waals surface area contributed by atoms with Gasteiger partial charge in [-0.15, -0.1) is 0 Å². The first-order valence-electron chi connectivity index (χ1n) is 11.1. The molecule has 0 bridgehead atoms. The highest BCUT2D eigenvalue weighted by Crippen LogP contribution is 2.31. The molecular formula is C27H25BrN4O2. The van der Waals surface area contributed by atoms with Crippen molar-refractivity contribution in [3.63, 3.8) is 0 Å². The zero-order valence-electron chi connectivity index (χ0n) is 18.8. The number of para-hydroxylation sites is 1. The number of anilines is 1. The summed E-state index contributed by atoms with van der Waals surface area (Å²) in [6.07, 6.45) is 3.84. The summed E-state index contributed by atoms with van der Waals surface area (Å²) in [5.74, 6) is 1.32. The number of aromatic nitrogens is 2. The molecule has 4 aromatic rings. The number of aromatic hydroxyl groups is 1. The molecule has 3 aromatic carbocycles. The normalized spacial score (nSPS) is 11.0. The lowest BCUT2D eigenvalue weighted by Gasteiger charge is -2.09. The first-order valence-corrected chi connectivity index (χ1v) is 11.9. The fraction of sp³-hybridized carbons (Fsp3) is 0.148. The zero-order chi connectivity index (χ0) is 23.8. The topological polar surface area (TPSA) is 79.6 Å². The Morgan fingerprint density at radius 2 is 1.71 bits per heavy atom. The Bertz CT molecular complexity index is 1260. The van der Waals surface area contributed by atoms with Crippen molar-refractivity contribution in [3.05, 3.63) is 88.9 Å². The van der Waals surface area contributed by atoms with E-state index >= 15 is 0 Å². The van der Waals surface area contributed by atoms with Gasteiger partial charge in [-0.2, -0.15) is 5.10 Å². The quantitative estimate of drug-likeness (QED) is 0.143. The number of hydrogen-bond donors (Lipinski definition) is 2. The number of nitrogens with one attached hydrogen (secondary N) is 1. The number of phenolic OH excluding ortho intramolecular Hbond substituents is 1. The lowest BCUT2D eigenvalue weighted by Crippen LogP contribution is -2.00. The maximum Gasteiger partial charge on any atom is 0.244 e. The molecular weight excluding hydrogens is 492 g/mol. The van der Waals surface area contributed by atoms with Crippen LogP contribution in [-0.4, -0.2) is 27.9 Å². The van der Waals surface area contributed by atoms with Crippen LogP contribution in [0.1, 0.15) is 25.3 Å². The van der Waals surface area contributed by atoms with Crippen molar-refractivity contribution in [3.8, 4) is 34.0 Å². The number of rotatable bonds is 9. The van der Waals surface area contributed by atoms with Gasteiger partial charge in [-0.1, -0.05) is 53.5 Å². The molecule has 0 spiro atoms. The van der Waals surface area contributed by atoms with E-state index in [1.165, 1.54) is 0 Å². The summed E-state index contributed by atoms with van der Waals surface area (Å²) in [5.41, 5.74) is 6.70. The summed E-state index contributed by atoms with van der Waals surface area (Å²) in [7, 11) is 0. The highest BCUT2D eigenvalue weighted by atomic mass is 79.9. The second-order valence-corrected chi connectivity index (χ2v) is 8.54. The van der Waals surface area contributed by atoms with Crippen molar-refractivity contribution in [1.82, 2.24) is 9.97 Å². The Morgan fingerprint density at radius 1 is 0.971 bits per heavy atom. The van der Waals surface area contributed by atoms with Crippen LogP contribution in [0.25, 0.3) is 22.5 Å². The molecule has 0 saturated carbocycles. The molecule has 2 N–H and O–H groups in total. The number of halogens is 1. The first kappa shape index (κ1) is 23.4. The van der Waals surface area contributed by atoms with E-state index in [1.807, 2.05) is 66.7 Å². The van der Waals surface area contributed by atoms with Gasteiger partial charge >= 0.3 is 0 Å². The van der Waals surface area contributed by atoms with Gasteiger partial charge in [-0.3, -0.25) is 0 Å². The Kier molecular flexibility index (Phi) is 7.88. The Labute approximate surface area is 207 Å². The smallest absolute Gasteiger partial charge is 0.244 e. The third-order valence-corrected chi connectivity index (χ3v) is 5.60. The number of unbranched alkanes of at least 4 members (excludes halogenated alkanes) is 1. The van der Waals surface area contributed by atoms with Crippen molar-refractivity contribution in [1.29, 1.82) is 0 Å². The third-order valence-electron chi connectivity index (χ3n) is 5.07. The Balaban J connectivity index is 1.57. The molecule has 0 aliphatic carbocycles. The highest BCUT2D eigenvalue weighted by molar-refractivity contribution is 9.10. The minimum Gasteiger partial charge on any atom is -0.507 e. The molecule has 0 saturated heterocycles.